The van der Waals surface area contributed by atoms with Gasteiger partial charge in [-0.2, -0.15) is 5.10 Å². The SMILES string of the molecule is O=C(NC1CCC(NC2CCOCC2)CC1)c1[nH]ncc1NC(=O)c1c(F)cccc1F.[HH]. The van der Waals surface area contributed by atoms with E-state index in [1.165, 1.54) is 12.3 Å². The summed E-state index contributed by atoms with van der Waals surface area (Å²) in [6.07, 6.45) is 6.89. The van der Waals surface area contributed by atoms with E-state index in [-0.39, 0.29) is 18.8 Å². The number of nitrogens with one attached hydrogen (secondary N) is 4. The number of aromatic nitrogens is 2. The molecule has 0 unspecified atom stereocenters. The van der Waals surface area contributed by atoms with Crippen LogP contribution in [0.3, 0.4) is 0 Å². The Labute approximate surface area is 186 Å². The number of nitrogens with zero attached hydrogens (tertiary/aromatic N) is 1. The number of rotatable bonds is 6. The summed E-state index contributed by atoms with van der Waals surface area (Å²) in [5.74, 6) is -3.38. The van der Waals surface area contributed by atoms with Crippen molar-refractivity contribution in [2.24, 2.45) is 0 Å². The second-order valence-corrected chi connectivity index (χ2v) is 8.28. The van der Waals surface area contributed by atoms with E-state index in [2.05, 4.69) is 26.1 Å². The normalized spacial score (nSPS) is 21.8. The molecule has 0 bridgehead atoms. The summed E-state index contributed by atoms with van der Waals surface area (Å²) in [5.41, 5.74) is -0.613. The van der Waals surface area contributed by atoms with Crippen molar-refractivity contribution in [3.8, 4) is 0 Å². The summed E-state index contributed by atoms with van der Waals surface area (Å²) in [7, 11) is 0. The number of hydrogen-bond donors (Lipinski definition) is 4. The average Bonchev–Trinajstić information content (AvgIpc) is 3.24. The van der Waals surface area contributed by atoms with Crippen LogP contribution < -0.4 is 16.0 Å². The second-order valence-electron chi connectivity index (χ2n) is 8.28. The Kier molecular flexibility index (Phi) is 7.11. The number of aromatic amines is 1. The summed E-state index contributed by atoms with van der Waals surface area (Å²) >= 11 is 0. The van der Waals surface area contributed by atoms with Crippen molar-refractivity contribution < 1.29 is 24.5 Å². The van der Waals surface area contributed by atoms with Crippen LogP contribution in [0, 0.1) is 11.6 Å². The summed E-state index contributed by atoms with van der Waals surface area (Å²) in [4.78, 5) is 25.1. The minimum absolute atomic E-state index is 0. The van der Waals surface area contributed by atoms with Crippen molar-refractivity contribution in [1.29, 1.82) is 0 Å². The van der Waals surface area contributed by atoms with E-state index in [1.54, 1.807) is 0 Å². The molecule has 2 aliphatic rings. The van der Waals surface area contributed by atoms with E-state index >= 15 is 0 Å². The van der Waals surface area contributed by atoms with Gasteiger partial charge in [0.05, 0.1) is 11.9 Å². The number of amides is 2. The van der Waals surface area contributed by atoms with Crippen LogP contribution in [0.25, 0.3) is 0 Å². The summed E-state index contributed by atoms with van der Waals surface area (Å²) in [5, 5.41) is 15.4. The molecule has 1 aromatic carbocycles. The number of benzene rings is 1. The highest BCUT2D eigenvalue weighted by Crippen LogP contribution is 2.22. The molecule has 0 atom stereocenters. The third-order valence-corrected chi connectivity index (χ3v) is 6.06. The van der Waals surface area contributed by atoms with Crippen LogP contribution in [0.2, 0.25) is 0 Å². The molecular formula is C22H29F2N5O3. The average molecular weight is 450 g/mol. The van der Waals surface area contributed by atoms with Crippen molar-refractivity contribution in [1.82, 2.24) is 20.8 Å². The number of carbonyl (C=O) groups excluding carboxylic acids is 2. The Hall–Kier alpha value is -2.85. The summed E-state index contributed by atoms with van der Waals surface area (Å²) in [6.45, 7) is 1.60. The Morgan fingerprint density at radius 3 is 2.28 bits per heavy atom. The van der Waals surface area contributed by atoms with E-state index in [0.717, 1.165) is 63.9 Å². The van der Waals surface area contributed by atoms with Crippen molar-refractivity contribution in [3.05, 3.63) is 47.3 Å². The molecule has 1 saturated heterocycles. The molecule has 1 aliphatic heterocycles. The molecule has 4 rings (SSSR count). The first-order chi connectivity index (χ1) is 15.5. The van der Waals surface area contributed by atoms with Gasteiger partial charge in [-0.15, -0.1) is 0 Å². The van der Waals surface area contributed by atoms with Crippen molar-refractivity contribution in [2.75, 3.05) is 18.5 Å². The lowest BCUT2D eigenvalue weighted by Gasteiger charge is -2.33. The van der Waals surface area contributed by atoms with Gasteiger partial charge in [0.15, 0.2) is 0 Å². The smallest absolute Gasteiger partial charge is 0.271 e. The topological polar surface area (TPSA) is 108 Å². The van der Waals surface area contributed by atoms with Gasteiger partial charge in [-0.3, -0.25) is 14.7 Å². The van der Waals surface area contributed by atoms with Gasteiger partial charge in [0.2, 0.25) is 0 Å². The summed E-state index contributed by atoms with van der Waals surface area (Å²) < 4.78 is 33.1. The van der Waals surface area contributed by atoms with Crippen molar-refractivity contribution >= 4 is 17.5 Å². The van der Waals surface area contributed by atoms with Gasteiger partial charge in [0.25, 0.3) is 11.8 Å². The predicted molar refractivity (Wildman–Crippen MR) is 115 cm³/mol. The Balaban J connectivity index is 0.00000306. The summed E-state index contributed by atoms with van der Waals surface area (Å²) in [6, 6.07) is 4.10. The molecule has 2 heterocycles. The zero-order valence-electron chi connectivity index (χ0n) is 17.6. The standard InChI is InChI=1S/C22H27F2N5O3.H2/c23-16-2-1-3-17(24)19(16)21(30)28-18-12-25-29-20(18)22(31)27-14-6-4-13(5-7-14)26-15-8-10-32-11-9-15;/h1-3,12-15,26H,4-11H2,(H,25,29)(H,27,31)(H,28,30);1H. The lowest BCUT2D eigenvalue weighted by atomic mass is 9.90. The van der Waals surface area contributed by atoms with Crippen LogP contribution in [0.1, 0.15) is 60.8 Å². The lowest BCUT2D eigenvalue weighted by Crippen LogP contribution is -2.46. The molecule has 0 spiro atoms. The van der Waals surface area contributed by atoms with Crippen LogP contribution >= 0.6 is 0 Å². The molecule has 1 aliphatic carbocycles. The molecule has 1 saturated carbocycles. The monoisotopic (exact) mass is 449 g/mol. The molecule has 1 aromatic heterocycles. The van der Waals surface area contributed by atoms with E-state index in [1.807, 2.05) is 0 Å². The Morgan fingerprint density at radius 1 is 0.969 bits per heavy atom. The molecule has 2 aromatic rings. The number of ether oxygens (including phenoxy) is 1. The van der Waals surface area contributed by atoms with Crippen LogP contribution in [0.5, 0.6) is 0 Å². The number of anilines is 1. The maximum atomic E-state index is 13.9. The molecule has 0 radical (unpaired) electrons. The highest BCUT2D eigenvalue weighted by Gasteiger charge is 2.27. The van der Waals surface area contributed by atoms with Gasteiger partial charge in [0.1, 0.15) is 22.9 Å². The van der Waals surface area contributed by atoms with E-state index in [0.29, 0.717) is 12.1 Å². The van der Waals surface area contributed by atoms with Crippen LogP contribution in [-0.4, -0.2) is 53.4 Å². The molecule has 32 heavy (non-hydrogen) atoms. The first kappa shape index (κ1) is 22.3. The van der Waals surface area contributed by atoms with Crippen molar-refractivity contribution in [3.63, 3.8) is 0 Å². The maximum Gasteiger partial charge on any atom is 0.271 e. The number of H-pyrrole nitrogens is 1. The van der Waals surface area contributed by atoms with Gasteiger partial charge in [-0.1, -0.05) is 6.07 Å². The lowest BCUT2D eigenvalue weighted by molar-refractivity contribution is 0.0721. The molecule has 174 valence electrons. The first-order valence-electron chi connectivity index (χ1n) is 10.9. The third kappa shape index (κ3) is 5.31. The highest BCUT2D eigenvalue weighted by atomic mass is 19.1. The second kappa shape index (κ2) is 10.2. The maximum absolute atomic E-state index is 13.9. The molecule has 10 heteroatoms. The van der Waals surface area contributed by atoms with Gasteiger partial charge in [-0.05, 0) is 50.7 Å². The fourth-order valence-electron chi connectivity index (χ4n) is 4.31. The minimum atomic E-state index is -0.990. The molecular weight excluding hydrogens is 420 g/mol. The van der Waals surface area contributed by atoms with E-state index in [4.69, 9.17) is 4.74 Å². The quantitative estimate of drug-likeness (QED) is 0.542. The molecule has 2 fully saturated rings. The molecule has 8 nitrogen and oxygen atoms in total. The largest absolute Gasteiger partial charge is 0.381 e. The van der Waals surface area contributed by atoms with E-state index in [9.17, 15) is 18.4 Å². The zero-order valence-corrected chi connectivity index (χ0v) is 17.6. The van der Waals surface area contributed by atoms with Gasteiger partial charge in [-0.25, -0.2) is 8.78 Å². The predicted octanol–water partition coefficient (Wildman–Crippen LogP) is 3.00. The van der Waals surface area contributed by atoms with Gasteiger partial charge < -0.3 is 20.7 Å². The fourth-order valence-corrected chi connectivity index (χ4v) is 4.31. The zero-order chi connectivity index (χ0) is 22.5. The van der Waals surface area contributed by atoms with Crippen LogP contribution in [-0.2, 0) is 4.74 Å². The Bertz CT molecular complexity index is 939. The van der Waals surface area contributed by atoms with Crippen molar-refractivity contribution in [2.45, 2.75) is 56.7 Å². The number of halogens is 2. The molecule has 4 N–H and O–H groups in total. The first-order valence-corrected chi connectivity index (χ1v) is 10.9. The van der Waals surface area contributed by atoms with Gasteiger partial charge >= 0.3 is 0 Å². The Morgan fingerprint density at radius 2 is 1.59 bits per heavy atom. The highest BCUT2D eigenvalue weighted by molar-refractivity contribution is 6.08. The van der Waals surface area contributed by atoms with E-state index < -0.39 is 29.0 Å². The fraction of sp³-hybridized carbons (Fsp3) is 0.500. The van der Waals surface area contributed by atoms with Gasteiger partial charge in [0, 0.05) is 32.8 Å². The number of hydrogen-bond acceptors (Lipinski definition) is 5. The minimum Gasteiger partial charge on any atom is -0.381 e. The van der Waals surface area contributed by atoms with Crippen LogP contribution in [0.4, 0.5) is 14.5 Å². The third-order valence-electron chi connectivity index (χ3n) is 6.06. The van der Waals surface area contributed by atoms with Crippen LogP contribution in [0.15, 0.2) is 24.4 Å². The molecule has 2 amide bonds. The number of carbonyl (C=O) groups is 2.